The number of amides is 1. The third-order valence-electron chi connectivity index (χ3n) is 6.50. The van der Waals surface area contributed by atoms with Crippen molar-refractivity contribution in [1.82, 2.24) is 14.5 Å². The van der Waals surface area contributed by atoms with Crippen LogP contribution in [0.25, 0.3) is 11.8 Å². The smallest absolute Gasteiger partial charge is 0.250 e. The van der Waals surface area contributed by atoms with Crippen molar-refractivity contribution in [2.45, 2.75) is 45.3 Å². The molecule has 2 atom stereocenters. The molecule has 0 radical (unpaired) electrons. The summed E-state index contributed by atoms with van der Waals surface area (Å²) in [6, 6.07) is 14.0. The van der Waals surface area contributed by atoms with Crippen LogP contribution in [0.2, 0.25) is 0 Å². The number of carbonyl (C=O) groups is 1. The van der Waals surface area contributed by atoms with Gasteiger partial charge in [-0.2, -0.15) is 0 Å². The molecule has 5 heteroatoms. The Kier molecular flexibility index (Phi) is 4.98. The van der Waals surface area contributed by atoms with Gasteiger partial charge in [0.25, 0.3) is 0 Å². The number of likely N-dealkylation sites (tertiary alicyclic amines) is 1. The molecule has 5 rings (SSSR count). The SMILES string of the molecule is Cc1cn(-c2ccc(/C=C3\CCCN([C@H]4Cc5ccccc5[C@@H]4O)C3=O)cc2C)cn1. The fourth-order valence-electron chi connectivity index (χ4n) is 4.93. The van der Waals surface area contributed by atoms with Crippen LogP contribution in [0, 0.1) is 13.8 Å². The first kappa shape index (κ1) is 19.8. The zero-order valence-corrected chi connectivity index (χ0v) is 18.0. The number of aliphatic hydroxyl groups is 1. The second-order valence-electron chi connectivity index (χ2n) is 8.66. The van der Waals surface area contributed by atoms with Crippen LogP contribution in [-0.4, -0.2) is 38.1 Å². The van der Waals surface area contributed by atoms with E-state index in [1.807, 2.05) is 53.2 Å². The first-order valence-corrected chi connectivity index (χ1v) is 10.9. The van der Waals surface area contributed by atoms with Crippen LogP contribution in [0.15, 0.2) is 60.6 Å². The Hall–Kier alpha value is -3.18. The predicted molar refractivity (Wildman–Crippen MR) is 121 cm³/mol. The molecule has 1 amide bonds. The van der Waals surface area contributed by atoms with Crippen molar-refractivity contribution in [3.8, 4) is 5.69 Å². The highest BCUT2D eigenvalue weighted by atomic mass is 16.3. The molecular weight excluding hydrogens is 386 g/mol. The zero-order valence-electron chi connectivity index (χ0n) is 18.0. The number of carbonyl (C=O) groups excluding carboxylic acids is 1. The van der Waals surface area contributed by atoms with E-state index in [-0.39, 0.29) is 11.9 Å². The number of hydrogen-bond acceptors (Lipinski definition) is 3. The van der Waals surface area contributed by atoms with Gasteiger partial charge in [0.15, 0.2) is 0 Å². The lowest BCUT2D eigenvalue weighted by Gasteiger charge is -2.35. The quantitative estimate of drug-likeness (QED) is 0.656. The minimum Gasteiger partial charge on any atom is -0.386 e. The number of aryl methyl sites for hydroxylation is 2. The van der Waals surface area contributed by atoms with Crippen molar-refractivity contribution in [1.29, 1.82) is 0 Å². The van der Waals surface area contributed by atoms with Crippen LogP contribution >= 0.6 is 0 Å². The van der Waals surface area contributed by atoms with E-state index in [0.29, 0.717) is 13.0 Å². The average Bonchev–Trinajstić information content (AvgIpc) is 3.33. The van der Waals surface area contributed by atoms with Crippen LogP contribution in [-0.2, 0) is 11.2 Å². The van der Waals surface area contributed by atoms with Gasteiger partial charge in [0.05, 0.1) is 24.2 Å². The second kappa shape index (κ2) is 7.82. The topological polar surface area (TPSA) is 58.4 Å². The molecule has 0 unspecified atom stereocenters. The summed E-state index contributed by atoms with van der Waals surface area (Å²) in [5, 5.41) is 10.8. The minimum absolute atomic E-state index is 0.0510. The lowest BCUT2D eigenvalue weighted by molar-refractivity contribution is -0.133. The number of piperidine rings is 1. The van der Waals surface area contributed by atoms with E-state index in [4.69, 9.17) is 0 Å². The molecule has 0 saturated carbocycles. The number of aliphatic hydroxyl groups excluding tert-OH is 1. The number of nitrogens with zero attached hydrogens (tertiary/aromatic N) is 3. The van der Waals surface area contributed by atoms with Crippen LogP contribution in [0.4, 0.5) is 0 Å². The number of imidazole rings is 1. The third kappa shape index (κ3) is 3.59. The highest BCUT2D eigenvalue weighted by Crippen LogP contribution is 2.36. The number of aromatic nitrogens is 2. The van der Waals surface area contributed by atoms with Crippen LogP contribution in [0.5, 0.6) is 0 Å². The lowest BCUT2D eigenvalue weighted by atomic mass is 9.97. The largest absolute Gasteiger partial charge is 0.386 e. The number of hydrogen-bond donors (Lipinski definition) is 1. The van der Waals surface area contributed by atoms with E-state index in [0.717, 1.165) is 52.0 Å². The minimum atomic E-state index is -0.611. The summed E-state index contributed by atoms with van der Waals surface area (Å²) in [7, 11) is 0. The van der Waals surface area contributed by atoms with Gasteiger partial charge in [0.1, 0.15) is 0 Å². The summed E-state index contributed by atoms with van der Waals surface area (Å²) in [4.78, 5) is 19.5. The van der Waals surface area contributed by atoms with E-state index < -0.39 is 6.10 Å². The van der Waals surface area contributed by atoms with Crippen LogP contribution in [0.1, 0.15) is 46.9 Å². The fraction of sp³-hybridized carbons (Fsp3) is 0.308. The van der Waals surface area contributed by atoms with Gasteiger partial charge >= 0.3 is 0 Å². The van der Waals surface area contributed by atoms with Gasteiger partial charge in [-0.1, -0.05) is 30.3 Å². The molecule has 1 aromatic heterocycles. The van der Waals surface area contributed by atoms with E-state index in [1.54, 1.807) is 0 Å². The Morgan fingerprint density at radius 1 is 1.16 bits per heavy atom. The van der Waals surface area contributed by atoms with E-state index >= 15 is 0 Å². The Morgan fingerprint density at radius 3 is 2.74 bits per heavy atom. The normalized spacial score (nSPS) is 22.2. The Balaban J connectivity index is 1.38. The molecule has 0 bridgehead atoms. The van der Waals surface area contributed by atoms with Gasteiger partial charge in [0, 0.05) is 24.0 Å². The van der Waals surface area contributed by atoms with E-state index in [2.05, 4.69) is 36.2 Å². The molecule has 3 aromatic rings. The molecule has 0 spiro atoms. The molecular formula is C26H27N3O2. The lowest BCUT2D eigenvalue weighted by Crippen LogP contribution is -2.46. The molecule has 2 aliphatic rings. The zero-order chi connectivity index (χ0) is 21.5. The first-order valence-electron chi connectivity index (χ1n) is 10.9. The maximum Gasteiger partial charge on any atom is 0.250 e. The molecule has 1 saturated heterocycles. The Morgan fingerprint density at radius 2 is 2.00 bits per heavy atom. The standard InChI is InChI=1S/C26H27N3O2/c1-17-12-19(9-10-23(17)28-15-18(2)27-16-28)13-21-7-5-11-29(26(21)31)24-14-20-6-3-4-8-22(20)25(24)30/h3-4,6,8-10,12-13,15-16,24-25,30H,5,7,11,14H2,1-2H3/b21-13+/t24-,25-/m0/s1. The van der Waals surface area contributed by atoms with E-state index in [9.17, 15) is 9.90 Å². The molecule has 1 fully saturated rings. The highest BCUT2D eigenvalue weighted by Gasteiger charge is 2.39. The fourth-order valence-corrected chi connectivity index (χ4v) is 4.93. The molecule has 158 valence electrons. The van der Waals surface area contributed by atoms with Crippen molar-refractivity contribution in [3.63, 3.8) is 0 Å². The average molecular weight is 414 g/mol. The molecule has 2 heterocycles. The number of rotatable bonds is 3. The Labute approximate surface area is 182 Å². The van der Waals surface area contributed by atoms with Crippen LogP contribution < -0.4 is 0 Å². The van der Waals surface area contributed by atoms with Crippen LogP contribution in [0.3, 0.4) is 0 Å². The van der Waals surface area contributed by atoms with E-state index in [1.165, 1.54) is 0 Å². The predicted octanol–water partition coefficient (Wildman–Crippen LogP) is 4.15. The van der Waals surface area contributed by atoms with Crippen molar-refractivity contribution >= 4 is 12.0 Å². The molecule has 31 heavy (non-hydrogen) atoms. The monoisotopic (exact) mass is 413 g/mol. The summed E-state index contributed by atoms with van der Waals surface area (Å²) in [5.74, 6) is 0.0510. The summed E-state index contributed by atoms with van der Waals surface area (Å²) in [6.45, 7) is 4.75. The summed E-state index contributed by atoms with van der Waals surface area (Å²) < 4.78 is 2.02. The van der Waals surface area contributed by atoms with Crippen molar-refractivity contribution in [2.75, 3.05) is 6.54 Å². The summed E-state index contributed by atoms with van der Waals surface area (Å²) >= 11 is 0. The summed E-state index contributed by atoms with van der Waals surface area (Å²) in [5.41, 5.74) is 7.15. The third-order valence-corrected chi connectivity index (χ3v) is 6.50. The van der Waals surface area contributed by atoms with Gasteiger partial charge in [-0.15, -0.1) is 0 Å². The van der Waals surface area contributed by atoms with Crippen molar-refractivity contribution in [2.24, 2.45) is 0 Å². The molecule has 1 aliphatic heterocycles. The first-order chi connectivity index (χ1) is 15.0. The molecule has 5 nitrogen and oxygen atoms in total. The van der Waals surface area contributed by atoms with Crippen molar-refractivity contribution < 1.29 is 9.90 Å². The highest BCUT2D eigenvalue weighted by molar-refractivity contribution is 5.98. The van der Waals surface area contributed by atoms with Gasteiger partial charge in [-0.05, 0) is 73.6 Å². The Bertz CT molecular complexity index is 1180. The molecule has 2 aromatic carbocycles. The second-order valence-corrected chi connectivity index (χ2v) is 8.66. The van der Waals surface area contributed by atoms with Gasteiger partial charge in [-0.3, -0.25) is 4.79 Å². The maximum absolute atomic E-state index is 13.3. The molecule has 1 N–H and O–H groups in total. The van der Waals surface area contributed by atoms with Gasteiger partial charge in [-0.25, -0.2) is 4.98 Å². The number of benzene rings is 2. The van der Waals surface area contributed by atoms with Gasteiger partial charge in [0.2, 0.25) is 5.91 Å². The number of fused-ring (bicyclic) bond motifs is 1. The van der Waals surface area contributed by atoms with Gasteiger partial charge < -0.3 is 14.6 Å². The van der Waals surface area contributed by atoms with Crippen molar-refractivity contribution in [3.05, 3.63) is 88.5 Å². The maximum atomic E-state index is 13.3. The molecule has 1 aliphatic carbocycles. The summed E-state index contributed by atoms with van der Waals surface area (Å²) in [6.07, 6.45) is 7.64.